The standard InChI is InChI=1S/C23H27N5O3/c1-14(24)21(30)27-28-18-11-6-5-9-15(18)20(16-10-7-8-12-25-16)26-17(22(28)31)13-19(29)23(2,3)4/h5-12,14,17H,13,24H2,1-4H3,(H,27,30)/t14-,17?/m0/s1. The van der Waals surface area contributed by atoms with Crippen LogP contribution in [0.5, 0.6) is 0 Å². The summed E-state index contributed by atoms with van der Waals surface area (Å²) in [5.74, 6) is -1.14. The quantitative estimate of drug-likeness (QED) is 0.766. The average molecular weight is 422 g/mol. The minimum atomic E-state index is -1.02. The Morgan fingerprint density at radius 2 is 1.84 bits per heavy atom. The number of Topliss-reactive ketones (excluding diaryl/α,β-unsaturated/α-hetero) is 1. The predicted molar refractivity (Wildman–Crippen MR) is 118 cm³/mol. The number of rotatable bonds is 5. The van der Waals surface area contributed by atoms with E-state index >= 15 is 0 Å². The lowest BCUT2D eigenvalue weighted by atomic mass is 9.87. The van der Waals surface area contributed by atoms with Gasteiger partial charge in [-0.05, 0) is 25.1 Å². The van der Waals surface area contributed by atoms with Gasteiger partial charge in [0, 0.05) is 23.6 Å². The van der Waals surface area contributed by atoms with Gasteiger partial charge in [0.05, 0.1) is 23.1 Å². The Morgan fingerprint density at radius 1 is 1.16 bits per heavy atom. The largest absolute Gasteiger partial charge is 0.320 e. The highest BCUT2D eigenvalue weighted by atomic mass is 16.2. The minimum Gasteiger partial charge on any atom is -0.320 e. The van der Waals surface area contributed by atoms with Crippen LogP contribution in [-0.4, -0.2) is 40.4 Å². The fourth-order valence-electron chi connectivity index (χ4n) is 3.07. The SMILES string of the molecule is C[C@H](N)C(=O)NN1C(=O)C(CC(=O)C(C)(C)C)N=C(c2ccccn2)c2ccccc21. The number of ketones is 1. The summed E-state index contributed by atoms with van der Waals surface area (Å²) in [6.45, 7) is 6.92. The van der Waals surface area contributed by atoms with E-state index in [1.807, 2.05) is 12.1 Å². The van der Waals surface area contributed by atoms with Crippen molar-refractivity contribution >= 4 is 29.0 Å². The number of nitrogens with one attached hydrogen (secondary N) is 1. The molecule has 0 radical (unpaired) electrons. The number of benzodiazepines with no additional fused rings is 1. The molecule has 162 valence electrons. The molecule has 1 aromatic heterocycles. The van der Waals surface area contributed by atoms with Crippen LogP contribution in [0.2, 0.25) is 0 Å². The summed E-state index contributed by atoms with van der Waals surface area (Å²) < 4.78 is 0. The Morgan fingerprint density at radius 3 is 2.45 bits per heavy atom. The highest BCUT2D eigenvalue weighted by Crippen LogP contribution is 2.29. The van der Waals surface area contributed by atoms with E-state index in [1.54, 1.807) is 57.3 Å². The lowest BCUT2D eigenvalue weighted by Gasteiger charge is -2.27. The Hall–Kier alpha value is -3.39. The van der Waals surface area contributed by atoms with Crippen LogP contribution in [-0.2, 0) is 14.4 Å². The second-order valence-electron chi connectivity index (χ2n) is 8.54. The molecule has 0 fully saturated rings. The molecule has 3 rings (SSSR count). The Labute approximate surface area is 181 Å². The lowest BCUT2D eigenvalue weighted by molar-refractivity contribution is -0.130. The number of hydrogen-bond acceptors (Lipinski definition) is 6. The van der Waals surface area contributed by atoms with Gasteiger partial charge in [0.15, 0.2) is 0 Å². The average Bonchev–Trinajstić information content (AvgIpc) is 2.84. The van der Waals surface area contributed by atoms with Crippen LogP contribution in [0.15, 0.2) is 53.7 Å². The molecule has 1 aromatic carbocycles. The molecule has 2 amide bonds. The van der Waals surface area contributed by atoms with Gasteiger partial charge in [0.25, 0.3) is 11.8 Å². The molecule has 0 spiro atoms. The van der Waals surface area contributed by atoms with Crippen molar-refractivity contribution in [2.75, 3.05) is 5.01 Å². The summed E-state index contributed by atoms with van der Waals surface area (Å²) in [6, 6.07) is 10.6. The van der Waals surface area contributed by atoms with Gasteiger partial charge in [-0.3, -0.25) is 29.8 Å². The van der Waals surface area contributed by atoms with Gasteiger partial charge >= 0.3 is 0 Å². The Bertz CT molecular complexity index is 1030. The van der Waals surface area contributed by atoms with Crippen molar-refractivity contribution < 1.29 is 14.4 Å². The van der Waals surface area contributed by atoms with Crippen LogP contribution in [0.1, 0.15) is 45.4 Å². The van der Waals surface area contributed by atoms with Crippen molar-refractivity contribution in [3.8, 4) is 0 Å². The lowest BCUT2D eigenvalue weighted by Crippen LogP contribution is -2.54. The van der Waals surface area contributed by atoms with Crippen LogP contribution in [0.3, 0.4) is 0 Å². The third-order valence-electron chi connectivity index (χ3n) is 4.95. The third kappa shape index (κ3) is 4.86. The number of hydrogen-bond donors (Lipinski definition) is 2. The van der Waals surface area contributed by atoms with E-state index in [4.69, 9.17) is 5.73 Å². The summed E-state index contributed by atoms with van der Waals surface area (Å²) in [5.41, 5.74) is 9.76. The van der Waals surface area contributed by atoms with E-state index in [9.17, 15) is 14.4 Å². The van der Waals surface area contributed by atoms with E-state index in [1.165, 1.54) is 6.92 Å². The van der Waals surface area contributed by atoms with Crippen molar-refractivity contribution in [2.45, 2.75) is 46.2 Å². The molecule has 0 saturated carbocycles. The number of aliphatic imine (C=N–C) groups is 1. The van der Waals surface area contributed by atoms with Gasteiger partial charge in [-0.25, -0.2) is 5.01 Å². The van der Waals surface area contributed by atoms with E-state index < -0.39 is 29.3 Å². The van der Waals surface area contributed by atoms with E-state index in [-0.39, 0.29) is 12.2 Å². The second-order valence-corrected chi connectivity index (χ2v) is 8.54. The smallest absolute Gasteiger partial charge is 0.270 e. The number of hydrazine groups is 1. The van der Waals surface area contributed by atoms with Crippen LogP contribution in [0.25, 0.3) is 0 Å². The van der Waals surface area contributed by atoms with Gasteiger partial charge in [0.2, 0.25) is 0 Å². The highest BCUT2D eigenvalue weighted by molar-refractivity contribution is 6.20. The third-order valence-corrected chi connectivity index (χ3v) is 4.95. The fourth-order valence-corrected chi connectivity index (χ4v) is 3.07. The highest BCUT2D eigenvalue weighted by Gasteiger charge is 2.36. The van der Waals surface area contributed by atoms with Crippen molar-refractivity contribution in [3.63, 3.8) is 0 Å². The molecule has 8 heteroatoms. The molecule has 1 unspecified atom stereocenters. The Kier molecular flexibility index (Phi) is 6.31. The Balaban J connectivity index is 2.16. The molecular formula is C23H27N5O3. The maximum absolute atomic E-state index is 13.5. The number of amides is 2. The summed E-state index contributed by atoms with van der Waals surface area (Å²) >= 11 is 0. The zero-order valence-electron chi connectivity index (χ0n) is 18.1. The molecule has 31 heavy (non-hydrogen) atoms. The van der Waals surface area contributed by atoms with Crippen LogP contribution in [0.4, 0.5) is 5.69 Å². The number of anilines is 1. The molecule has 2 atom stereocenters. The molecule has 0 aliphatic carbocycles. The minimum absolute atomic E-state index is 0.1000. The molecule has 2 aromatic rings. The zero-order chi connectivity index (χ0) is 22.8. The van der Waals surface area contributed by atoms with Crippen LogP contribution in [0, 0.1) is 5.41 Å². The summed E-state index contributed by atoms with van der Waals surface area (Å²) in [5, 5.41) is 1.15. The number of benzene rings is 1. The van der Waals surface area contributed by atoms with Gasteiger partial charge in [0.1, 0.15) is 11.8 Å². The first kappa shape index (κ1) is 22.3. The second kappa shape index (κ2) is 8.77. The topological polar surface area (TPSA) is 118 Å². The maximum atomic E-state index is 13.5. The van der Waals surface area contributed by atoms with Crippen molar-refractivity contribution in [2.24, 2.45) is 16.1 Å². The van der Waals surface area contributed by atoms with Gasteiger partial charge in [-0.15, -0.1) is 0 Å². The molecule has 1 aliphatic heterocycles. The first-order valence-corrected chi connectivity index (χ1v) is 10.1. The molecule has 8 nitrogen and oxygen atoms in total. The molecular weight excluding hydrogens is 394 g/mol. The van der Waals surface area contributed by atoms with Crippen molar-refractivity contribution in [3.05, 3.63) is 59.9 Å². The molecule has 2 heterocycles. The number of fused-ring (bicyclic) bond motifs is 1. The number of pyridine rings is 1. The molecule has 0 saturated heterocycles. The summed E-state index contributed by atoms with van der Waals surface area (Å²) in [4.78, 5) is 47.7. The first-order chi connectivity index (χ1) is 14.6. The zero-order valence-corrected chi connectivity index (χ0v) is 18.1. The first-order valence-electron chi connectivity index (χ1n) is 10.1. The number of carbonyl (C=O) groups excluding carboxylic acids is 3. The maximum Gasteiger partial charge on any atom is 0.270 e. The number of carbonyl (C=O) groups is 3. The normalized spacial score (nSPS) is 17.3. The van der Waals surface area contributed by atoms with Gasteiger partial charge in [-0.1, -0.05) is 45.0 Å². The molecule has 0 bridgehead atoms. The monoisotopic (exact) mass is 421 g/mol. The summed E-state index contributed by atoms with van der Waals surface area (Å²) in [7, 11) is 0. The van der Waals surface area contributed by atoms with E-state index in [0.29, 0.717) is 22.7 Å². The van der Waals surface area contributed by atoms with Crippen LogP contribution < -0.4 is 16.2 Å². The van der Waals surface area contributed by atoms with Gasteiger partial charge in [-0.2, -0.15) is 0 Å². The van der Waals surface area contributed by atoms with Crippen LogP contribution >= 0.6 is 0 Å². The fraction of sp³-hybridized carbons (Fsp3) is 0.348. The van der Waals surface area contributed by atoms with Crippen molar-refractivity contribution in [1.29, 1.82) is 0 Å². The van der Waals surface area contributed by atoms with E-state index in [0.717, 1.165) is 5.01 Å². The van der Waals surface area contributed by atoms with E-state index in [2.05, 4.69) is 15.4 Å². The van der Waals surface area contributed by atoms with Gasteiger partial charge < -0.3 is 5.73 Å². The number of aromatic nitrogens is 1. The van der Waals surface area contributed by atoms with Crippen molar-refractivity contribution in [1.82, 2.24) is 10.4 Å². The number of nitrogens with zero attached hydrogens (tertiary/aromatic N) is 3. The molecule has 3 N–H and O–H groups in total. The predicted octanol–water partition coefficient (Wildman–Crippen LogP) is 2.02. The summed E-state index contributed by atoms with van der Waals surface area (Å²) in [6.07, 6.45) is 1.54. The molecule has 1 aliphatic rings. The number of para-hydroxylation sites is 1. The number of nitrogens with two attached hydrogens (primary N) is 1.